The molecule has 0 aliphatic heterocycles. The van der Waals surface area contributed by atoms with Crippen LogP contribution in [0.25, 0.3) is 0 Å². The van der Waals surface area contributed by atoms with Crippen LogP contribution in [0, 0.1) is 5.92 Å². The molecule has 0 aliphatic carbocycles. The molecule has 0 aromatic heterocycles. The Morgan fingerprint density at radius 1 is 1.25 bits per heavy atom. The van der Waals surface area contributed by atoms with Gasteiger partial charge in [-0.1, -0.05) is 23.7 Å². The lowest BCUT2D eigenvalue weighted by Crippen LogP contribution is -2.17. The van der Waals surface area contributed by atoms with Crippen molar-refractivity contribution in [2.24, 2.45) is 5.92 Å². The van der Waals surface area contributed by atoms with Crippen LogP contribution in [-0.2, 0) is 11.2 Å². The summed E-state index contributed by atoms with van der Waals surface area (Å²) in [5, 5.41) is 0.671. The van der Waals surface area contributed by atoms with Gasteiger partial charge in [-0.15, -0.1) is 11.6 Å². The van der Waals surface area contributed by atoms with Crippen LogP contribution < -0.4 is 0 Å². The van der Waals surface area contributed by atoms with E-state index in [1.807, 2.05) is 18.2 Å². The van der Waals surface area contributed by atoms with Crippen LogP contribution in [0.3, 0.4) is 0 Å². The largest absolute Gasteiger partial charge is 0.411 e. The van der Waals surface area contributed by atoms with Crippen LogP contribution in [0.1, 0.15) is 18.4 Å². The number of rotatable bonds is 8. The van der Waals surface area contributed by atoms with Gasteiger partial charge in [0.2, 0.25) is 0 Å². The normalized spacial score (nSPS) is 13.4. The SMILES string of the molecule is FC(F)(F)COCCCC(CCl)Cc1cccc(Cl)c1. The highest BCUT2D eigenvalue weighted by molar-refractivity contribution is 6.30. The first-order valence-corrected chi connectivity index (χ1v) is 7.27. The zero-order valence-electron chi connectivity index (χ0n) is 10.9. The van der Waals surface area contributed by atoms with E-state index >= 15 is 0 Å². The minimum Gasteiger partial charge on any atom is -0.372 e. The van der Waals surface area contributed by atoms with Crippen LogP contribution >= 0.6 is 23.2 Å². The van der Waals surface area contributed by atoms with E-state index in [2.05, 4.69) is 4.74 Å². The van der Waals surface area contributed by atoms with Crippen molar-refractivity contribution in [2.45, 2.75) is 25.4 Å². The third kappa shape index (κ3) is 7.98. The zero-order valence-corrected chi connectivity index (χ0v) is 12.4. The molecule has 6 heteroatoms. The van der Waals surface area contributed by atoms with Gasteiger partial charge in [-0.05, 0) is 42.9 Å². The van der Waals surface area contributed by atoms with Crippen LogP contribution in [0.4, 0.5) is 13.2 Å². The summed E-state index contributed by atoms with van der Waals surface area (Å²) in [4.78, 5) is 0. The molecule has 0 aliphatic rings. The lowest BCUT2D eigenvalue weighted by atomic mass is 9.97. The van der Waals surface area contributed by atoms with Crippen LogP contribution in [0.5, 0.6) is 0 Å². The number of halogens is 5. The number of ether oxygens (including phenoxy) is 1. The van der Waals surface area contributed by atoms with Gasteiger partial charge in [0.25, 0.3) is 0 Å². The first kappa shape index (κ1) is 17.6. The molecule has 0 fully saturated rings. The first-order chi connectivity index (χ1) is 9.40. The monoisotopic (exact) mass is 328 g/mol. The summed E-state index contributed by atoms with van der Waals surface area (Å²) in [7, 11) is 0. The van der Waals surface area contributed by atoms with E-state index in [4.69, 9.17) is 23.2 Å². The van der Waals surface area contributed by atoms with Crippen molar-refractivity contribution in [1.82, 2.24) is 0 Å². The van der Waals surface area contributed by atoms with Gasteiger partial charge in [0.05, 0.1) is 0 Å². The molecule has 0 saturated heterocycles. The summed E-state index contributed by atoms with van der Waals surface area (Å²) < 4.78 is 40.2. The van der Waals surface area contributed by atoms with Gasteiger partial charge in [0.15, 0.2) is 0 Å². The Bertz CT molecular complexity index is 396. The molecule has 114 valence electrons. The highest BCUT2D eigenvalue weighted by atomic mass is 35.5. The Kier molecular flexibility index (Phi) is 7.70. The standard InChI is InChI=1S/C14H17Cl2F3O/c15-9-12(4-2-6-20-10-14(17,18)19)7-11-3-1-5-13(16)8-11/h1,3,5,8,12H,2,4,6-7,9-10H2. The molecule has 0 amide bonds. The molecule has 1 atom stereocenters. The minimum absolute atomic E-state index is 0.0996. The van der Waals surface area contributed by atoms with E-state index in [1.54, 1.807) is 6.07 Å². The zero-order chi connectivity index (χ0) is 15.0. The maximum atomic E-state index is 11.9. The van der Waals surface area contributed by atoms with Gasteiger partial charge in [-0.25, -0.2) is 0 Å². The van der Waals surface area contributed by atoms with Crippen LogP contribution in [0.2, 0.25) is 5.02 Å². The van der Waals surface area contributed by atoms with E-state index in [9.17, 15) is 13.2 Å². The summed E-state index contributed by atoms with van der Waals surface area (Å²) in [6.07, 6.45) is -2.20. The van der Waals surface area contributed by atoms with Gasteiger partial charge in [-0.3, -0.25) is 0 Å². The summed E-state index contributed by atoms with van der Waals surface area (Å²) in [6.45, 7) is -1.09. The van der Waals surface area contributed by atoms with Gasteiger partial charge in [-0.2, -0.15) is 13.2 Å². The van der Waals surface area contributed by atoms with E-state index in [0.29, 0.717) is 17.3 Å². The Morgan fingerprint density at radius 3 is 2.60 bits per heavy atom. The van der Waals surface area contributed by atoms with E-state index in [-0.39, 0.29) is 12.5 Å². The van der Waals surface area contributed by atoms with Crippen LogP contribution in [0.15, 0.2) is 24.3 Å². The predicted molar refractivity (Wildman–Crippen MR) is 75.5 cm³/mol. The number of alkyl halides is 4. The Hall–Kier alpha value is -0.450. The second-order valence-corrected chi connectivity index (χ2v) is 5.41. The fraction of sp³-hybridized carbons (Fsp3) is 0.571. The van der Waals surface area contributed by atoms with Crippen LogP contribution in [-0.4, -0.2) is 25.3 Å². The summed E-state index contributed by atoms with van der Waals surface area (Å²) in [6, 6.07) is 7.51. The quantitative estimate of drug-likeness (QED) is 0.476. The molecule has 0 heterocycles. The second-order valence-electron chi connectivity index (χ2n) is 4.66. The summed E-state index contributed by atoms with van der Waals surface area (Å²) in [5.41, 5.74) is 1.08. The fourth-order valence-corrected chi connectivity index (χ4v) is 2.37. The van der Waals surface area contributed by atoms with Crippen molar-refractivity contribution in [2.75, 3.05) is 19.1 Å². The van der Waals surface area contributed by atoms with Gasteiger partial charge in [0, 0.05) is 17.5 Å². The molecule has 1 aromatic rings. The van der Waals surface area contributed by atoms with Crippen molar-refractivity contribution in [3.63, 3.8) is 0 Å². The molecule has 0 N–H and O–H groups in total. The topological polar surface area (TPSA) is 9.23 Å². The van der Waals surface area contributed by atoms with Gasteiger partial charge < -0.3 is 4.74 Å². The molecule has 20 heavy (non-hydrogen) atoms. The molecule has 1 aromatic carbocycles. The average Bonchev–Trinajstić information content (AvgIpc) is 2.35. The number of hydrogen-bond acceptors (Lipinski definition) is 1. The van der Waals surface area contributed by atoms with Gasteiger partial charge in [0.1, 0.15) is 6.61 Å². The first-order valence-electron chi connectivity index (χ1n) is 6.35. The van der Waals surface area contributed by atoms with E-state index < -0.39 is 12.8 Å². The minimum atomic E-state index is -4.26. The van der Waals surface area contributed by atoms with Crippen molar-refractivity contribution in [3.8, 4) is 0 Å². The smallest absolute Gasteiger partial charge is 0.372 e. The fourth-order valence-electron chi connectivity index (χ4n) is 1.89. The molecule has 1 nitrogen and oxygen atoms in total. The molecule has 0 bridgehead atoms. The van der Waals surface area contributed by atoms with Gasteiger partial charge >= 0.3 is 6.18 Å². The van der Waals surface area contributed by atoms with E-state index in [0.717, 1.165) is 18.4 Å². The second kappa shape index (κ2) is 8.75. The average molecular weight is 329 g/mol. The lowest BCUT2D eigenvalue weighted by Gasteiger charge is -2.14. The molecule has 1 unspecified atom stereocenters. The molecular formula is C14H17Cl2F3O. The molecule has 0 saturated carbocycles. The lowest BCUT2D eigenvalue weighted by molar-refractivity contribution is -0.174. The summed E-state index contributed by atoms with van der Waals surface area (Å²) >= 11 is 11.8. The highest BCUT2D eigenvalue weighted by Crippen LogP contribution is 2.19. The Labute approximate surface area is 127 Å². The predicted octanol–water partition coefficient (Wildman–Crippen LogP) is 5.10. The highest BCUT2D eigenvalue weighted by Gasteiger charge is 2.27. The van der Waals surface area contributed by atoms with Crippen molar-refractivity contribution >= 4 is 23.2 Å². The maximum absolute atomic E-state index is 11.9. The molecule has 1 rings (SSSR count). The Morgan fingerprint density at radius 2 is 2.00 bits per heavy atom. The molecule has 0 radical (unpaired) electrons. The summed E-state index contributed by atoms with van der Waals surface area (Å²) in [5.74, 6) is 0.677. The molecule has 0 spiro atoms. The maximum Gasteiger partial charge on any atom is 0.411 e. The third-order valence-electron chi connectivity index (χ3n) is 2.80. The van der Waals surface area contributed by atoms with Crippen molar-refractivity contribution in [3.05, 3.63) is 34.9 Å². The van der Waals surface area contributed by atoms with E-state index in [1.165, 1.54) is 0 Å². The number of hydrogen-bond donors (Lipinski definition) is 0. The number of benzene rings is 1. The third-order valence-corrected chi connectivity index (χ3v) is 3.47. The van der Waals surface area contributed by atoms with Crippen molar-refractivity contribution in [1.29, 1.82) is 0 Å². The van der Waals surface area contributed by atoms with Crippen molar-refractivity contribution < 1.29 is 17.9 Å². The Balaban J connectivity index is 2.26. The molecular weight excluding hydrogens is 312 g/mol.